The Morgan fingerprint density at radius 3 is 2.83 bits per heavy atom. The van der Waals surface area contributed by atoms with Crippen LogP contribution in [-0.4, -0.2) is 22.6 Å². The second-order valence-corrected chi connectivity index (χ2v) is 8.12. The van der Waals surface area contributed by atoms with Crippen LogP contribution in [0, 0.1) is 13.8 Å². The molecule has 7 heteroatoms. The highest BCUT2D eigenvalue weighted by Gasteiger charge is 2.17. The molecule has 1 aliphatic heterocycles. The van der Waals surface area contributed by atoms with Crippen molar-refractivity contribution in [2.75, 3.05) is 11.1 Å². The van der Waals surface area contributed by atoms with E-state index in [1.54, 1.807) is 24.4 Å². The second kappa shape index (κ2) is 8.59. The van der Waals surface area contributed by atoms with Crippen molar-refractivity contribution in [1.29, 1.82) is 0 Å². The lowest BCUT2D eigenvalue weighted by Crippen LogP contribution is -2.24. The minimum absolute atomic E-state index is 0.0562. The number of hydrogen-bond acceptors (Lipinski definition) is 5. The minimum Gasteiger partial charge on any atom is -0.439 e. The normalized spacial score (nSPS) is 12.7. The van der Waals surface area contributed by atoms with Crippen molar-refractivity contribution in [2.24, 2.45) is 0 Å². The lowest BCUT2D eigenvalue weighted by Gasteiger charge is -2.17. The van der Waals surface area contributed by atoms with E-state index in [-0.39, 0.29) is 11.8 Å². The van der Waals surface area contributed by atoms with Crippen molar-refractivity contribution in [1.82, 2.24) is 10.3 Å². The van der Waals surface area contributed by atoms with Gasteiger partial charge < -0.3 is 15.4 Å². The number of fused-ring (bicyclic) bond motifs is 1. The lowest BCUT2D eigenvalue weighted by atomic mass is 10.1. The second-order valence-electron chi connectivity index (χ2n) is 7.11. The monoisotopic (exact) mass is 419 g/mol. The Morgan fingerprint density at radius 2 is 2.03 bits per heavy atom. The number of pyridine rings is 1. The van der Waals surface area contributed by atoms with Crippen molar-refractivity contribution in [3.63, 3.8) is 0 Å². The van der Waals surface area contributed by atoms with Crippen LogP contribution in [0.1, 0.15) is 27.0 Å². The van der Waals surface area contributed by atoms with Gasteiger partial charge in [0.1, 0.15) is 5.75 Å². The van der Waals surface area contributed by atoms with Crippen LogP contribution in [0.25, 0.3) is 0 Å². The molecule has 0 fully saturated rings. The number of anilines is 1. The van der Waals surface area contributed by atoms with E-state index < -0.39 is 0 Å². The Hall–Kier alpha value is -3.32. The fourth-order valence-corrected chi connectivity index (χ4v) is 3.80. The molecule has 0 spiro atoms. The standard InChI is InChI=1S/C23H21N3O3S/c1-14-3-4-15(2)19(9-14)29-22-8-5-16(11-24-22)12-25-23(28)17-6-7-20-18(10-17)26-21(27)13-30-20/h3-11H,12-13H2,1-2H3,(H,25,28)(H,26,27). The van der Waals surface area contributed by atoms with E-state index in [2.05, 4.69) is 15.6 Å². The maximum absolute atomic E-state index is 12.5. The molecule has 6 nitrogen and oxygen atoms in total. The number of rotatable bonds is 5. The van der Waals surface area contributed by atoms with Gasteiger partial charge in [-0.05, 0) is 54.8 Å². The molecule has 30 heavy (non-hydrogen) atoms. The molecule has 152 valence electrons. The molecule has 0 saturated heterocycles. The molecule has 2 heterocycles. The molecular weight excluding hydrogens is 398 g/mol. The summed E-state index contributed by atoms with van der Waals surface area (Å²) in [5.74, 6) is 1.41. The Labute approximate surface area is 179 Å². The van der Waals surface area contributed by atoms with E-state index in [1.807, 2.05) is 44.2 Å². The topological polar surface area (TPSA) is 80.3 Å². The molecule has 4 rings (SSSR count). The van der Waals surface area contributed by atoms with Gasteiger partial charge in [-0.2, -0.15) is 0 Å². The van der Waals surface area contributed by atoms with Crippen LogP contribution in [0.2, 0.25) is 0 Å². The van der Waals surface area contributed by atoms with Crippen LogP contribution in [0.3, 0.4) is 0 Å². The Bertz CT molecular complexity index is 1110. The van der Waals surface area contributed by atoms with Gasteiger partial charge >= 0.3 is 0 Å². The average molecular weight is 420 g/mol. The van der Waals surface area contributed by atoms with E-state index in [0.717, 1.165) is 27.3 Å². The fraction of sp³-hybridized carbons (Fsp3) is 0.174. The molecule has 0 bridgehead atoms. The fourth-order valence-electron chi connectivity index (χ4n) is 3.01. The summed E-state index contributed by atoms with van der Waals surface area (Å²) >= 11 is 1.47. The van der Waals surface area contributed by atoms with Gasteiger partial charge in [-0.25, -0.2) is 4.98 Å². The zero-order valence-corrected chi connectivity index (χ0v) is 17.5. The lowest BCUT2D eigenvalue weighted by molar-refractivity contribution is -0.113. The van der Waals surface area contributed by atoms with Gasteiger partial charge in [0.25, 0.3) is 5.91 Å². The highest BCUT2D eigenvalue weighted by molar-refractivity contribution is 8.00. The van der Waals surface area contributed by atoms with Gasteiger partial charge in [-0.1, -0.05) is 18.2 Å². The maximum Gasteiger partial charge on any atom is 0.251 e. The third-order valence-electron chi connectivity index (χ3n) is 4.68. The number of nitrogens with zero attached hydrogens (tertiary/aromatic N) is 1. The number of hydrogen-bond donors (Lipinski definition) is 2. The van der Waals surface area contributed by atoms with Gasteiger partial charge in [0.05, 0.1) is 11.4 Å². The van der Waals surface area contributed by atoms with E-state index in [4.69, 9.17) is 4.74 Å². The Balaban J connectivity index is 1.37. The number of aromatic nitrogens is 1. The van der Waals surface area contributed by atoms with E-state index >= 15 is 0 Å². The van der Waals surface area contributed by atoms with Crippen LogP contribution in [0.5, 0.6) is 11.6 Å². The summed E-state index contributed by atoms with van der Waals surface area (Å²) in [5.41, 5.74) is 4.20. The predicted octanol–water partition coefficient (Wildman–Crippen LogP) is 4.46. The first-order valence-electron chi connectivity index (χ1n) is 9.53. The number of nitrogens with one attached hydrogen (secondary N) is 2. The molecule has 0 atom stereocenters. The number of ether oxygens (including phenoxy) is 1. The van der Waals surface area contributed by atoms with Gasteiger partial charge in [0.2, 0.25) is 11.8 Å². The summed E-state index contributed by atoms with van der Waals surface area (Å²) in [6.07, 6.45) is 1.68. The molecule has 0 radical (unpaired) electrons. The number of aryl methyl sites for hydroxylation is 2. The maximum atomic E-state index is 12.5. The minimum atomic E-state index is -0.210. The zero-order chi connectivity index (χ0) is 21.1. The summed E-state index contributed by atoms with van der Waals surface area (Å²) in [7, 11) is 0. The van der Waals surface area contributed by atoms with Crippen molar-refractivity contribution in [2.45, 2.75) is 25.3 Å². The molecule has 1 aliphatic rings. The van der Waals surface area contributed by atoms with Gasteiger partial charge in [-0.15, -0.1) is 11.8 Å². The predicted molar refractivity (Wildman–Crippen MR) is 117 cm³/mol. The van der Waals surface area contributed by atoms with Crippen molar-refractivity contribution >= 4 is 29.3 Å². The van der Waals surface area contributed by atoms with Crippen LogP contribution in [-0.2, 0) is 11.3 Å². The van der Waals surface area contributed by atoms with Crippen LogP contribution in [0.15, 0.2) is 59.6 Å². The van der Waals surface area contributed by atoms with Gasteiger partial charge in [0.15, 0.2) is 0 Å². The summed E-state index contributed by atoms with van der Waals surface area (Å²) in [6.45, 7) is 4.35. The van der Waals surface area contributed by atoms with E-state index in [9.17, 15) is 9.59 Å². The molecule has 2 amide bonds. The van der Waals surface area contributed by atoms with Gasteiger partial charge in [-0.3, -0.25) is 9.59 Å². The summed E-state index contributed by atoms with van der Waals surface area (Å²) in [4.78, 5) is 29.3. The molecule has 2 aromatic carbocycles. The third-order valence-corrected chi connectivity index (χ3v) is 5.76. The first kappa shape index (κ1) is 20.0. The number of amides is 2. The van der Waals surface area contributed by atoms with Crippen LogP contribution < -0.4 is 15.4 Å². The molecule has 2 N–H and O–H groups in total. The highest BCUT2D eigenvalue weighted by atomic mass is 32.2. The summed E-state index contributed by atoms with van der Waals surface area (Å²) < 4.78 is 5.87. The quantitative estimate of drug-likeness (QED) is 0.638. The van der Waals surface area contributed by atoms with E-state index in [1.165, 1.54) is 11.8 Å². The summed E-state index contributed by atoms with van der Waals surface area (Å²) in [5, 5.41) is 5.68. The van der Waals surface area contributed by atoms with Crippen molar-refractivity contribution in [3.05, 3.63) is 77.0 Å². The third kappa shape index (κ3) is 4.63. The Morgan fingerprint density at radius 1 is 1.17 bits per heavy atom. The SMILES string of the molecule is Cc1ccc(C)c(Oc2ccc(CNC(=O)c3ccc4c(c3)NC(=O)CS4)cn2)c1. The summed E-state index contributed by atoms with van der Waals surface area (Å²) in [6, 6.07) is 15.0. The molecule has 0 unspecified atom stereocenters. The number of thioether (sulfide) groups is 1. The molecule has 0 saturated carbocycles. The first-order chi connectivity index (χ1) is 14.5. The highest BCUT2D eigenvalue weighted by Crippen LogP contribution is 2.32. The zero-order valence-electron chi connectivity index (χ0n) is 16.7. The first-order valence-corrected chi connectivity index (χ1v) is 10.5. The Kier molecular flexibility index (Phi) is 5.72. The number of benzene rings is 2. The number of carbonyl (C=O) groups excluding carboxylic acids is 2. The van der Waals surface area contributed by atoms with Crippen LogP contribution in [0.4, 0.5) is 5.69 Å². The number of carbonyl (C=O) groups is 2. The van der Waals surface area contributed by atoms with E-state index in [0.29, 0.717) is 29.4 Å². The molecule has 3 aromatic rings. The molecule has 1 aromatic heterocycles. The van der Waals surface area contributed by atoms with Crippen LogP contribution >= 0.6 is 11.8 Å². The molecular formula is C23H21N3O3S. The largest absolute Gasteiger partial charge is 0.439 e. The molecule has 0 aliphatic carbocycles. The van der Waals surface area contributed by atoms with Crippen molar-refractivity contribution < 1.29 is 14.3 Å². The van der Waals surface area contributed by atoms with Gasteiger partial charge in [0, 0.05) is 29.3 Å². The van der Waals surface area contributed by atoms with Crippen molar-refractivity contribution in [3.8, 4) is 11.6 Å². The smallest absolute Gasteiger partial charge is 0.251 e. The average Bonchev–Trinajstić information content (AvgIpc) is 2.75.